The van der Waals surface area contributed by atoms with Crippen molar-refractivity contribution in [2.24, 2.45) is 5.73 Å². The molecule has 7 heteroatoms. The fraction of sp³-hybridized carbons (Fsp3) is 0.500. The molecule has 1 aromatic carbocycles. The van der Waals surface area contributed by atoms with E-state index in [9.17, 15) is 4.79 Å². The lowest BCUT2D eigenvalue weighted by atomic mass is 10.0. The van der Waals surface area contributed by atoms with Crippen molar-refractivity contribution in [1.82, 2.24) is 4.90 Å². The molecular weight excluding hydrogens is 333 g/mol. The van der Waals surface area contributed by atoms with Crippen LogP contribution in [0.25, 0.3) is 0 Å². The van der Waals surface area contributed by atoms with Gasteiger partial charge in [-0.25, -0.2) is 0 Å². The van der Waals surface area contributed by atoms with Crippen LogP contribution >= 0.6 is 36.4 Å². The number of halogens is 3. The molecule has 1 amide bonds. The van der Waals surface area contributed by atoms with E-state index >= 15 is 0 Å². The molecule has 1 saturated heterocycles. The summed E-state index contributed by atoms with van der Waals surface area (Å²) in [6.45, 7) is 6.43. The predicted molar refractivity (Wildman–Crippen MR) is 93.0 cm³/mol. The zero-order chi connectivity index (χ0) is 14.0. The lowest BCUT2D eigenvalue weighted by Gasteiger charge is -2.38. The topological polar surface area (TPSA) is 49.6 Å². The molecule has 0 aliphatic carbocycles. The Morgan fingerprint density at radius 2 is 1.67 bits per heavy atom. The fourth-order valence-electron chi connectivity index (χ4n) is 2.27. The number of nitrogens with zero attached hydrogens (tertiary/aromatic N) is 2. The SMILES string of the molecule is CC(C)(N)C(=O)N1CCN(c2ccccc2Cl)CC1.Cl.Cl. The molecule has 0 atom stereocenters. The van der Waals surface area contributed by atoms with E-state index in [4.69, 9.17) is 17.3 Å². The van der Waals surface area contributed by atoms with Crippen LogP contribution < -0.4 is 10.6 Å². The quantitative estimate of drug-likeness (QED) is 0.888. The number of carbonyl (C=O) groups is 1. The molecule has 0 unspecified atom stereocenters. The summed E-state index contributed by atoms with van der Waals surface area (Å²) in [7, 11) is 0. The average Bonchev–Trinajstić information content (AvgIpc) is 2.38. The normalized spacial score (nSPS) is 15.0. The van der Waals surface area contributed by atoms with Gasteiger partial charge in [-0.1, -0.05) is 23.7 Å². The highest BCUT2D eigenvalue weighted by Crippen LogP contribution is 2.26. The predicted octanol–water partition coefficient (Wildman–Crippen LogP) is 2.57. The van der Waals surface area contributed by atoms with Gasteiger partial charge in [0.15, 0.2) is 0 Å². The summed E-state index contributed by atoms with van der Waals surface area (Å²) in [5.74, 6) is 0.00584. The first kappa shape index (κ1) is 20.3. The van der Waals surface area contributed by atoms with Gasteiger partial charge >= 0.3 is 0 Å². The molecule has 0 aromatic heterocycles. The van der Waals surface area contributed by atoms with Crippen LogP contribution in [0.5, 0.6) is 0 Å². The Morgan fingerprint density at radius 3 is 2.14 bits per heavy atom. The van der Waals surface area contributed by atoms with Gasteiger partial charge in [0, 0.05) is 26.2 Å². The van der Waals surface area contributed by atoms with Gasteiger partial charge in [0.05, 0.1) is 16.2 Å². The molecule has 0 spiro atoms. The molecule has 1 aromatic rings. The van der Waals surface area contributed by atoms with Crippen molar-refractivity contribution in [2.45, 2.75) is 19.4 Å². The minimum Gasteiger partial charge on any atom is -0.367 e. The van der Waals surface area contributed by atoms with Gasteiger partial charge in [0.1, 0.15) is 0 Å². The van der Waals surface area contributed by atoms with Crippen molar-refractivity contribution >= 4 is 48.0 Å². The number of hydrogen-bond acceptors (Lipinski definition) is 3. The third-order valence-corrected chi connectivity index (χ3v) is 3.63. The van der Waals surface area contributed by atoms with E-state index in [-0.39, 0.29) is 30.7 Å². The highest BCUT2D eigenvalue weighted by atomic mass is 35.5. The molecule has 2 N–H and O–H groups in total. The first-order valence-electron chi connectivity index (χ1n) is 6.47. The Hall–Kier alpha value is -0.680. The maximum absolute atomic E-state index is 12.1. The Morgan fingerprint density at radius 1 is 1.14 bits per heavy atom. The smallest absolute Gasteiger partial charge is 0.242 e. The van der Waals surface area contributed by atoms with Gasteiger partial charge in [-0.15, -0.1) is 24.8 Å². The number of hydrogen-bond donors (Lipinski definition) is 1. The minimum atomic E-state index is -0.799. The Balaban J connectivity index is 0.00000200. The van der Waals surface area contributed by atoms with Crippen LogP contribution in [0.3, 0.4) is 0 Å². The van der Waals surface area contributed by atoms with E-state index < -0.39 is 5.54 Å². The first-order chi connectivity index (χ1) is 8.89. The number of benzene rings is 1. The summed E-state index contributed by atoms with van der Waals surface area (Å²) in [5.41, 5.74) is 6.09. The number of piperazine rings is 1. The lowest BCUT2D eigenvalue weighted by molar-refractivity contribution is -0.136. The van der Waals surface area contributed by atoms with Gasteiger partial charge in [-0.2, -0.15) is 0 Å². The Bertz CT molecular complexity index is 469. The molecule has 1 fully saturated rings. The van der Waals surface area contributed by atoms with E-state index in [1.54, 1.807) is 13.8 Å². The molecule has 21 heavy (non-hydrogen) atoms. The summed E-state index contributed by atoms with van der Waals surface area (Å²) in [6, 6.07) is 7.79. The van der Waals surface area contributed by atoms with Gasteiger partial charge in [-0.3, -0.25) is 4.79 Å². The molecule has 0 saturated carbocycles. The van der Waals surface area contributed by atoms with Crippen molar-refractivity contribution in [3.8, 4) is 0 Å². The number of nitrogens with two attached hydrogens (primary N) is 1. The summed E-state index contributed by atoms with van der Waals surface area (Å²) in [6.07, 6.45) is 0. The van der Waals surface area contributed by atoms with Crippen LogP contribution in [0, 0.1) is 0 Å². The molecule has 0 radical (unpaired) electrons. The number of amides is 1. The molecule has 0 bridgehead atoms. The van der Waals surface area contributed by atoms with E-state index in [1.165, 1.54) is 0 Å². The summed E-state index contributed by atoms with van der Waals surface area (Å²) >= 11 is 6.19. The van der Waals surface area contributed by atoms with Crippen LogP contribution in [0.2, 0.25) is 5.02 Å². The summed E-state index contributed by atoms with van der Waals surface area (Å²) < 4.78 is 0. The minimum absolute atomic E-state index is 0. The number of rotatable bonds is 2. The van der Waals surface area contributed by atoms with Gasteiger partial charge in [0.25, 0.3) is 0 Å². The summed E-state index contributed by atoms with van der Waals surface area (Å²) in [5, 5.41) is 0.751. The first-order valence-corrected chi connectivity index (χ1v) is 6.85. The van der Waals surface area contributed by atoms with Gasteiger partial charge in [-0.05, 0) is 26.0 Å². The van der Waals surface area contributed by atoms with E-state index in [0.717, 1.165) is 23.8 Å². The molecule has 1 heterocycles. The average molecular weight is 355 g/mol. The molecule has 120 valence electrons. The van der Waals surface area contributed by atoms with Gasteiger partial charge < -0.3 is 15.5 Å². The van der Waals surface area contributed by atoms with E-state index in [0.29, 0.717) is 13.1 Å². The molecular formula is C14H22Cl3N3O. The van der Waals surface area contributed by atoms with Crippen LogP contribution in [0.1, 0.15) is 13.8 Å². The number of para-hydroxylation sites is 1. The second-order valence-corrected chi connectivity index (χ2v) is 5.86. The lowest BCUT2D eigenvalue weighted by Crippen LogP contribution is -2.57. The molecule has 1 aliphatic heterocycles. The second kappa shape index (κ2) is 8.08. The van der Waals surface area contributed by atoms with Crippen LogP contribution in [-0.4, -0.2) is 42.5 Å². The molecule has 4 nitrogen and oxygen atoms in total. The van der Waals surface area contributed by atoms with Crippen molar-refractivity contribution in [2.75, 3.05) is 31.1 Å². The standard InChI is InChI=1S/C14H20ClN3O.2ClH/c1-14(2,16)13(19)18-9-7-17(8-10-18)12-6-4-3-5-11(12)15;;/h3-6H,7-10,16H2,1-2H3;2*1H. The largest absolute Gasteiger partial charge is 0.367 e. The van der Waals surface area contributed by atoms with Crippen molar-refractivity contribution in [3.63, 3.8) is 0 Å². The highest BCUT2D eigenvalue weighted by Gasteiger charge is 2.30. The van der Waals surface area contributed by atoms with Crippen molar-refractivity contribution in [3.05, 3.63) is 29.3 Å². The molecule has 2 rings (SSSR count). The zero-order valence-electron chi connectivity index (χ0n) is 12.2. The molecule has 1 aliphatic rings. The number of anilines is 1. The fourth-order valence-corrected chi connectivity index (χ4v) is 2.52. The monoisotopic (exact) mass is 353 g/mol. The maximum atomic E-state index is 12.1. The number of carbonyl (C=O) groups excluding carboxylic acids is 1. The van der Waals surface area contributed by atoms with E-state index in [2.05, 4.69) is 4.90 Å². The third kappa shape index (κ3) is 4.92. The Labute approximate surface area is 143 Å². The maximum Gasteiger partial charge on any atom is 0.242 e. The zero-order valence-corrected chi connectivity index (χ0v) is 14.6. The Kier molecular flexibility index (Phi) is 7.82. The van der Waals surface area contributed by atoms with Gasteiger partial charge in [0.2, 0.25) is 5.91 Å². The second-order valence-electron chi connectivity index (χ2n) is 5.45. The van der Waals surface area contributed by atoms with E-state index in [1.807, 2.05) is 29.2 Å². The van der Waals surface area contributed by atoms with Crippen molar-refractivity contribution < 1.29 is 4.79 Å². The third-order valence-electron chi connectivity index (χ3n) is 3.31. The van der Waals surface area contributed by atoms with Crippen LogP contribution in [-0.2, 0) is 4.79 Å². The van der Waals surface area contributed by atoms with Crippen LogP contribution in [0.15, 0.2) is 24.3 Å². The van der Waals surface area contributed by atoms with Crippen molar-refractivity contribution in [1.29, 1.82) is 0 Å². The highest BCUT2D eigenvalue weighted by molar-refractivity contribution is 6.33. The van der Waals surface area contributed by atoms with Crippen LogP contribution in [0.4, 0.5) is 5.69 Å². The summed E-state index contributed by atoms with van der Waals surface area (Å²) in [4.78, 5) is 16.1.